The van der Waals surface area contributed by atoms with Gasteiger partial charge in [0, 0.05) is 23.7 Å². The van der Waals surface area contributed by atoms with Crippen LogP contribution in [0.4, 0.5) is 8.78 Å². The second kappa shape index (κ2) is 5.41. The summed E-state index contributed by atoms with van der Waals surface area (Å²) in [5.74, 6) is -1.71. The van der Waals surface area contributed by atoms with Gasteiger partial charge in [-0.25, -0.2) is 8.78 Å². The monoisotopic (exact) mass is 270 g/mol. The highest BCUT2D eigenvalue weighted by Gasteiger charge is 2.09. The first-order valence-electron chi connectivity index (χ1n) is 5.41. The molecule has 0 aliphatic carbocycles. The summed E-state index contributed by atoms with van der Waals surface area (Å²) >= 11 is 1.10. The molecule has 0 bridgehead atoms. The molecule has 1 heterocycles. The van der Waals surface area contributed by atoms with Gasteiger partial charge in [-0.3, -0.25) is 4.79 Å². The summed E-state index contributed by atoms with van der Waals surface area (Å²) in [7, 11) is 0. The minimum Gasteiger partial charge on any atom is -0.315 e. The molecule has 3 nitrogen and oxygen atoms in total. The van der Waals surface area contributed by atoms with Crippen LogP contribution in [0.3, 0.4) is 0 Å². The zero-order chi connectivity index (χ0) is 13.1. The van der Waals surface area contributed by atoms with Gasteiger partial charge in [-0.05, 0) is 24.6 Å². The molecule has 0 aliphatic rings. The van der Waals surface area contributed by atoms with E-state index in [2.05, 4.69) is 10.3 Å². The van der Waals surface area contributed by atoms with Crippen LogP contribution >= 0.6 is 11.3 Å². The molecule has 0 fully saturated rings. The number of aromatic nitrogens is 1. The summed E-state index contributed by atoms with van der Waals surface area (Å²) in [4.78, 5) is 13.5. The normalized spacial score (nSPS) is 12.6. The van der Waals surface area contributed by atoms with Gasteiger partial charge in [0.05, 0.1) is 0 Å². The van der Waals surface area contributed by atoms with E-state index < -0.39 is 11.6 Å². The number of rotatable bonds is 4. The highest BCUT2D eigenvalue weighted by Crippen LogP contribution is 2.16. The van der Waals surface area contributed by atoms with E-state index in [9.17, 15) is 13.6 Å². The van der Waals surface area contributed by atoms with Gasteiger partial charge in [0.25, 0.3) is 0 Å². The van der Waals surface area contributed by atoms with Crippen molar-refractivity contribution in [1.82, 2.24) is 10.3 Å². The maximum Gasteiger partial charge on any atom is 0.304 e. The van der Waals surface area contributed by atoms with E-state index in [1.807, 2.05) is 6.92 Å². The van der Waals surface area contributed by atoms with Crippen LogP contribution in [0.25, 0.3) is 0 Å². The van der Waals surface area contributed by atoms with E-state index >= 15 is 0 Å². The molecule has 1 unspecified atom stereocenters. The Bertz CT molecular complexity index is 594. The molecule has 2 N–H and O–H groups in total. The van der Waals surface area contributed by atoms with E-state index in [1.54, 1.807) is 5.38 Å². The van der Waals surface area contributed by atoms with Crippen molar-refractivity contribution in [2.45, 2.75) is 19.5 Å². The summed E-state index contributed by atoms with van der Waals surface area (Å²) in [6.07, 6.45) is 0. The standard InChI is InChI=1S/C12H12F2N2OS/c1-7(8-2-3-10(13)11(14)4-8)15-5-9-6-18-12(17)16-9/h2-4,6-7,15H,5H2,1H3,(H,16,17). The van der Waals surface area contributed by atoms with E-state index in [4.69, 9.17) is 0 Å². The summed E-state index contributed by atoms with van der Waals surface area (Å²) in [5, 5.41) is 4.85. The Labute approximate surface area is 106 Å². The number of halogens is 2. The highest BCUT2D eigenvalue weighted by atomic mass is 32.1. The van der Waals surface area contributed by atoms with Crippen molar-refractivity contribution in [3.05, 3.63) is 56.1 Å². The minimum absolute atomic E-state index is 0.104. The minimum atomic E-state index is -0.856. The van der Waals surface area contributed by atoms with Crippen LogP contribution < -0.4 is 10.2 Å². The molecule has 0 saturated heterocycles. The van der Waals surface area contributed by atoms with Gasteiger partial charge in [0.15, 0.2) is 11.6 Å². The van der Waals surface area contributed by atoms with Crippen molar-refractivity contribution >= 4 is 11.3 Å². The third kappa shape index (κ3) is 3.02. The number of hydrogen-bond donors (Lipinski definition) is 2. The topological polar surface area (TPSA) is 44.9 Å². The summed E-state index contributed by atoms with van der Waals surface area (Å²) in [6, 6.07) is 3.67. The first-order chi connectivity index (χ1) is 8.56. The summed E-state index contributed by atoms with van der Waals surface area (Å²) in [6.45, 7) is 2.32. The molecule has 1 aromatic carbocycles. The number of thiazole rings is 1. The Hall–Kier alpha value is -1.53. The second-order valence-corrected chi connectivity index (χ2v) is 4.79. The average Bonchev–Trinajstić information content (AvgIpc) is 2.75. The predicted octanol–water partition coefficient (Wildman–Crippen LogP) is 2.57. The maximum atomic E-state index is 13.1. The van der Waals surface area contributed by atoms with Gasteiger partial charge >= 0.3 is 4.87 Å². The lowest BCUT2D eigenvalue weighted by Gasteiger charge is -2.13. The number of aromatic amines is 1. The van der Waals surface area contributed by atoms with Gasteiger partial charge in [0.2, 0.25) is 0 Å². The third-order valence-corrected chi connectivity index (χ3v) is 3.33. The van der Waals surface area contributed by atoms with E-state index in [1.165, 1.54) is 12.1 Å². The second-order valence-electron chi connectivity index (χ2n) is 3.95. The molecule has 1 aromatic heterocycles. The van der Waals surface area contributed by atoms with E-state index in [0.29, 0.717) is 12.1 Å². The number of H-pyrrole nitrogens is 1. The fraction of sp³-hybridized carbons (Fsp3) is 0.250. The fourth-order valence-corrected chi connectivity index (χ4v) is 2.14. The number of hydrogen-bond acceptors (Lipinski definition) is 3. The van der Waals surface area contributed by atoms with Crippen LogP contribution in [0.1, 0.15) is 24.2 Å². The molecule has 1 atom stereocenters. The van der Waals surface area contributed by atoms with Crippen LogP contribution in [0, 0.1) is 11.6 Å². The lowest BCUT2D eigenvalue weighted by Crippen LogP contribution is -2.19. The molecule has 2 rings (SSSR count). The first-order valence-corrected chi connectivity index (χ1v) is 6.29. The number of nitrogens with one attached hydrogen (secondary N) is 2. The van der Waals surface area contributed by atoms with Gasteiger partial charge < -0.3 is 10.3 Å². The zero-order valence-corrected chi connectivity index (χ0v) is 10.5. The molecule has 0 aliphatic heterocycles. The lowest BCUT2D eigenvalue weighted by atomic mass is 10.1. The first kappa shape index (κ1) is 12.9. The zero-order valence-electron chi connectivity index (χ0n) is 9.67. The Kier molecular flexibility index (Phi) is 3.88. The van der Waals surface area contributed by atoms with Gasteiger partial charge in [-0.1, -0.05) is 17.4 Å². The van der Waals surface area contributed by atoms with E-state index in [0.717, 1.165) is 23.1 Å². The molecule has 18 heavy (non-hydrogen) atoms. The molecule has 0 radical (unpaired) electrons. The molecule has 6 heteroatoms. The van der Waals surface area contributed by atoms with Crippen molar-refractivity contribution in [1.29, 1.82) is 0 Å². The molecule has 0 amide bonds. The van der Waals surface area contributed by atoms with Gasteiger partial charge in [-0.15, -0.1) is 0 Å². The quantitative estimate of drug-likeness (QED) is 0.897. The average molecular weight is 270 g/mol. The third-order valence-electron chi connectivity index (χ3n) is 2.61. The molecule has 0 saturated carbocycles. The van der Waals surface area contributed by atoms with Gasteiger partial charge in [0.1, 0.15) is 0 Å². The Morgan fingerprint density at radius 2 is 2.17 bits per heavy atom. The highest BCUT2D eigenvalue weighted by molar-refractivity contribution is 7.07. The van der Waals surface area contributed by atoms with Crippen LogP contribution in [0.2, 0.25) is 0 Å². The van der Waals surface area contributed by atoms with Crippen molar-refractivity contribution in [2.75, 3.05) is 0 Å². The summed E-state index contributed by atoms with van der Waals surface area (Å²) < 4.78 is 25.8. The van der Waals surface area contributed by atoms with E-state index in [-0.39, 0.29) is 10.9 Å². The largest absolute Gasteiger partial charge is 0.315 e. The van der Waals surface area contributed by atoms with Crippen LogP contribution in [0.15, 0.2) is 28.4 Å². The molecule has 0 spiro atoms. The fourth-order valence-electron chi connectivity index (χ4n) is 1.56. The van der Waals surface area contributed by atoms with Crippen molar-refractivity contribution in [3.8, 4) is 0 Å². The molecule has 96 valence electrons. The van der Waals surface area contributed by atoms with Crippen molar-refractivity contribution < 1.29 is 8.78 Å². The molecular formula is C12H12F2N2OS. The van der Waals surface area contributed by atoms with Crippen LogP contribution in [0.5, 0.6) is 0 Å². The summed E-state index contributed by atoms with van der Waals surface area (Å²) in [5.41, 5.74) is 1.44. The molecular weight excluding hydrogens is 258 g/mol. The predicted molar refractivity (Wildman–Crippen MR) is 66.6 cm³/mol. The van der Waals surface area contributed by atoms with Crippen molar-refractivity contribution in [2.24, 2.45) is 0 Å². The SMILES string of the molecule is CC(NCc1csc(=O)[nH]1)c1ccc(F)c(F)c1. The number of benzene rings is 1. The Morgan fingerprint density at radius 3 is 2.78 bits per heavy atom. The van der Waals surface area contributed by atoms with Crippen LogP contribution in [-0.4, -0.2) is 4.98 Å². The molecule has 2 aromatic rings. The van der Waals surface area contributed by atoms with Crippen molar-refractivity contribution in [3.63, 3.8) is 0 Å². The van der Waals surface area contributed by atoms with Gasteiger partial charge in [-0.2, -0.15) is 0 Å². The Balaban J connectivity index is 2.01. The Morgan fingerprint density at radius 1 is 1.39 bits per heavy atom. The lowest BCUT2D eigenvalue weighted by molar-refractivity contribution is 0.500. The maximum absolute atomic E-state index is 13.1. The smallest absolute Gasteiger partial charge is 0.304 e. The van der Waals surface area contributed by atoms with Crippen LogP contribution in [-0.2, 0) is 6.54 Å².